The largest absolute Gasteiger partial charge is 0.0610 e. The molecule has 0 heterocycles. The second-order valence-corrected chi connectivity index (χ2v) is 1.92. The third-order valence-corrected chi connectivity index (χ3v) is 1.07. The molecule has 0 amide bonds. The normalized spacial score (nSPS) is 8.71. The molecular formula is C6H3Br. The van der Waals surface area contributed by atoms with E-state index in [1.54, 1.807) is 0 Å². The fourth-order valence-electron chi connectivity index (χ4n) is 0.332. The van der Waals surface area contributed by atoms with Gasteiger partial charge in [-0.2, -0.15) is 0 Å². The minimum Gasteiger partial charge on any atom is -0.0610 e. The van der Waals surface area contributed by atoms with Crippen molar-refractivity contribution in [2.75, 3.05) is 0 Å². The Morgan fingerprint density at radius 2 is 1.86 bits per heavy atom. The van der Waals surface area contributed by atoms with E-state index in [1.165, 1.54) is 0 Å². The van der Waals surface area contributed by atoms with Crippen LogP contribution in [0.25, 0.3) is 0 Å². The SMILES string of the molecule is Brc1[c]ccc[c]1. The zero-order valence-corrected chi connectivity index (χ0v) is 5.20. The third-order valence-electron chi connectivity index (χ3n) is 0.613. The summed E-state index contributed by atoms with van der Waals surface area (Å²) in [4.78, 5) is 0. The lowest BCUT2D eigenvalue weighted by Gasteiger charge is -1.78. The molecule has 1 rings (SSSR count). The van der Waals surface area contributed by atoms with Gasteiger partial charge in [0.2, 0.25) is 0 Å². The minimum absolute atomic E-state index is 0.884. The van der Waals surface area contributed by atoms with E-state index in [1.807, 2.05) is 18.2 Å². The van der Waals surface area contributed by atoms with Gasteiger partial charge in [0.25, 0.3) is 0 Å². The maximum absolute atomic E-state index is 3.20. The highest BCUT2D eigenvalue weighted by Gasteiger charge is 1.76. The zero-order chi connectivity index (χ0) is 5.11. The summed E-state index contributed by atoms with van der Waals surface area (Å²) in [6.07, 6.45) is 0. The van der Waals surface area contributed by atoms with Gasteiger partial charge in [-0.1, -0.05) is 18.2 Å². The second-order valence-electron chi connectivity index (χ2n) is 1.13. The van der Waals surface area contributed by atoms with E-state index in [9.17, 15) is 0 Å². The minimum atomic E-state index is 0.884. The first-order valence-corrected chi connectivity index (χ1v) is 2.73. The van der Waals surface area contributed by atoms with Crippen LogP contribution in [0.1, 0.15) is 0 Å². The van der Waals surface area contributed by atoms with Gasteiger partial charge in [-0.3, -0.25) is 0 Å². The molecule has 0 spiro atoms. The van der Waals surface area contributed by atoms with Crippen molar-refractivity contribution in [2.45, 2.75) is 0 Å². The number of hydrogen-bond donors (Lipinski definition) is 0. The molecule has 2 radical (unpaired) electrons. The molecule has 0 atom stereocenters. The predicted molar refractivity (Wildman–Crippen MR) is 31.8 cm³/mol. The lowest BCUT2D eigenvalue weighted by molar-refractivity contribution is 1.62. The van der Waals surface area contributed by atoms with E-state index in [-0.39, 0.29) is 0 Å². The van der Waals surface area contributed by atoms with Crippen molar-refractivity contribution in [1.29, 1.82) is 0 Å². The first-order valence-electron chi connectivity index (χ1n) is 1.93. The van der Waals surface area contributed by atoms with Crippen LogP contribution in [0, 0.1) is 12.1 Å². The fourth-order valence-corrected chi connectivity index (χ4v) is 0.597. The zero-order valence-electron chi connectivity index (χ0n) is 3.61. The molecule has 0 saturated heterocycles. The first-order chi connectivity index (χ1) is 3.39. The van der Waals surface area contributed by atoms with Crippen LogP contribution in [0.5, 0.6) is 0 Å². The van der Waals surface area contributed by atoms with Crippen molar-refractivity contribution in [3.63, 3.8) is 0 Å². The molecule has 0 aliphatic rings. The highest BCUT2D eigenvalue weighted by molar-refractivity contribution is 9.10. The highest BCUT2D eigenvalue weighted by atomic mass is 79.9. The van der Waals surface area contributed by atoms with Crippen molar-refractivity contribution in [1.82, 2.24) is 0 Å². The van der Waals surface area contributed by atoms with Crippen LogP contribution in [0.15, 0.2) is 22.7 Å². The lowest BCUT2D eigenvalue weighted by atomic mass is 10.4. The Hall–Kier alpha value is -0.300. The van der Waals surface area contributed by atoms with Crippen molar-refractivity contribution in [3.05, 3.63) is 34.8 Å². The Balaban J connectivity index is 3.02. The Morgan fingerprint density at radius 3 is 2.14 bits per heavy atom. The molecular weight excluding hydrogens is 152 g/mol. The summed E-state index contributed by atoms with van der Waals surface area (Å²) in [5.41, 5.74) is 0. The maximum atomic E-state index is 3.20. The lowest BCUT2D eigenvalue weighted by Crippen LogP contribution is -1.58. The molecule has 0 saturated carbocycles. The van der Waals surface area contributed by atoms with E-state index in [0.29, 0.717) is 0 Å². The molecule has 0 fully saturated rings. The van der Waals surface area contributed by atoms with Gasteiger partial charge in [-0.05, 0) is 28.1 Å². The number of benzene rings is 1. The first kappa shape index (κ1) is 4.85. The van der Waals surface area contributed by atoms with E-state index in [2.05, 4.69) is 28.1 Å². The monoisotopic (exact) mass is 154 g/mol. The van der Waals surface area contributed by atoms with Crippen molar-refractivity contribution in [2.24, 2.45) is 0 Å². The van der Waals surface area contributed by atoms with E-state index in [0.717, 1.165) is 4.47 Å². The molecule has 0 aliphatic heterocycles. The van der Waals surface area contributed by atoms with Crippen LogP contribution in [0.3, 0.4) is 0 Å². The summed E-state index contributed by atoms with van der Waals surface area (Å²) in [7, 11) is 0. The molecule has 0 N–H and O–H groups in total. The van der Waals surface area contributed by atoms with Crippen LogP contribution >= 0.6 is 15.9 Å². The second kappa shape index (κ2) is 2.12. The molecule has 0 unspecified atom stereocenters. The topological polar surface area (TPSA) is 0 Å². The standard InChI is InChI=1S/C6H3Br/c7-6-4-2-1-3-5-6/h1-3H. The van der Waals surface area contributed by atoms with Gasteiger partial charge in [0.15, 0.2) is 0 Å². The molecule has 0 bridgehead atoms. The van der Waals surface area contributed by atoms with Crippen molar-refractivity contribution < 1.29 is 0 Å². The van der Waals surface area contributed by atoms with Gasteiger partial charge in [0.05, 0.1) is 0 Å². The fraction of sp³-hybridized carbons (Fsp3) is 0. The van der Waals surface area contributed by atoms with Crippen LogP contribution in [0.2, 0.25) is 0 Å². The molecule has 1 aromatic carbocycles. The van der Waals surface area contributed by atoms with E-state index >= 15 is 0 Å². The molecule has 1 heteroatoms. The molecule has 7 heavy (non-hydrogen) atoms. The molecule has 1 aromatic rings. The van der Waals surface area contributed by atoms with Gasteiger partial charge in [-0.15, -0.1) is 0 Å². The molecule has 34 valence electrons. The Labute approximate surface area is 51.3 Å². The van der Waals surface area contributed by atoms with Gasteiger partial charge >= 0.3 is 0 Å². The van der Waals surface area contributed by atoms with Crippen molar-refractivity contribution >= 4 is 15.9 Å². The average Bonchev–Trinajstić information content (AvgIpc) is 1.69. The smallest absolute Gasteiger partial charge is 0.0332 e. The predicted octanol–water partition coefficient (Wildman–Crippen LogP) is 2.05. The number of halogens is 1. The van der Waals surface area contributed by atoms with Gasteiger partial charge < -0.3 is 0 Å². The maximum Gasteiger partial charge on any atom is 0.0332 e. The number of hydrogen-bond acceptors (Lipinski definition) is 0. The van der Waals surface area contributed by atoms with E-state index in [4.69, 9.17) is 0 Å². The summed E-state index contributed by atoms with van der Waals surface area (Å²) in [6.45, 7) is 0. The summed E-state index contributed by atoms with van der Waals surface area (Å²) in [5, 5.41) is 0. The Morgan fingerprint density at radius 1 is 1.29 bits per heavy atom. The van der Waals surface area contributed by atoms with Crippen LogP contribution in [-0.4, -0.2) is 0 Å². The third kappa shape index (κ3) is 1.32. The Bertz CT molecular complexity index is 134. The summed E-state index contributed by atoms with van der Waals surface area (Å²) < 4.78 is 0.884. The van der Waals surface area contributed by atoms with Crippen LogP contribution in [-0.2, 0) is 0 Å². The summed E-state index contributed by atoms with van der Waals surface area (Å²) >= 11 is 3.20. The molecule has 0 aliphatic carbocycles. The van der Waals surface area contributed by atoms with Gasteiger partial charge in [-0.25, -0.2) is 0 Å². The molecule has 0 aromatic heterocycles. The van der Waals surface area contributed by atoms with Crippen molar-refractivity contribution in [3.8, 4) is 0 Å². The van der Waals surface area contributed by atoms with Gasteiger partial charge in [0.1, 0.15) is 0 Å². The van der Waals surface area contributed by atoms with Crippen LogP contribution < -0.4 is 0 Å². The van der Waals surface area contributed by atoms with Gasteiger partial charge in [0, 0.05) is 4.47 Å². The average molecular weight is 155 g/mol. The summed E-state index contributed by atoms with van der Waals surface area (Å²) in [5.74, 6) is 0. The van der Waals surface area contributed by atoms with Crippen LogP contribution in [0.4, 0.5) is 0 Å². The van der Waals surface area contributed by atoms with E-state index < -0.39 is 0 Å². The Kier molecular flexibility index (Phi) is 1.47. The molecule has 0 nitrogen and oxygen atoms in total. The number of rotatable bonds is 0. The quantitative estimate of drug-likeness (QED) is 0.537. The highest BCUT2D eigenvalue weighted by Crippen LogP contribution is 2.03. The summed E-state index contributed by atoms with van der Waals surface area (Å²) in [6, 6.07) is 11.3.